The maximum atomic E-state index is 12.0. The van der Waals surface area contributed by atoms with Gasteiger partial charge in [0.1, 0.15) is 6.04 Å². The third-order valence-electron chi connectivity index (χ3n) is 4.17. The predicted molar refractivity (Wildman–Crippen MR) is 112 cm³/mol. The first-order valence-corrected chi connectivity index (χ1v) is 10.0. The molecule has 3 rings (SSSR count). The number of thioether (sulfide) groups is 1. The number of benzene rings is 2. The SMILES string of the molecule is CC1=C(C(N)=O)C(c2ccc(C)cc2)N=C(SCc2ccc(Br)cc2)N1. The van der Waals surface area contributed by atoms with Crippen molar-refractivity contribution < 1.29 is 4.79 Å². The zero-order valence-electron chi connectivity index (χ0n) is 14.6. The topological polar surface area (TPSA) is 67.5 Å². The molecule has 0 fully saturated rings. The summed E-state index contributed by atoms with van der Waals surface area (Å²) >= 11 is 5.06. The van der Waals surface area contributed by atoms with E-state index in [1.165, 1.54) is 5.56 Å². The molecule has 0 spiro atoms. The lowest BCUT2D eigenvalue weighted by molar-refractivity contribution is -0.114. The van der Waals surface area contributed by atoms with E-state index in [1.54, 1.807) is 11.8 Å². The highest BCUT2D eigenvalue weighted by atomic mass is 79.9. The van der Waals surface area contributed by atoms with Gasteiger partial charge in [0, 0.05) is 15.9 Å². The van der Waals surface area contributed by atoms with Gasteiger partial charge in [0.2, 0.25) is 5.91 Å². The first-order valence-electron chi connectivity index (χ1n) is 8.23. The summed E-state index contributed by atoms with van der Waals surface area (Å²) in [7, 11) is 0. The van der Waals surface area contributed by atoms with E-state index in [9.17, 15) is 4.79 Å². The number of aryl methyl sites for hydroxylation is 1. The molecule has 2 aromatic carbocycles. The summed E-state index contributed by atoms with van der Waals surface area (Å²) in [4.78, 5) is 16.7. The number of allylic oxidation sites excluding steroid dienone is 1. The van der Waals surface area contributed by atoms with E-state index < -0.39 is 5.91 Å². The van der Waals surface area contributed by atoms with Gasteiger partial charge in [0.25, 0.3) is 0 Å². The number of nitrogens with two attached hydrogens (primary N) is 1. The van der Waals surface area contributed by atoms with Crippen LogP contribution in [0.1, 0.15) is 29.7 Å². The van der Waals surface area contributed by atoms with E-state index in [0.717, 1.165) is 32.2 Å². The fourth-order valence-electron chi connectivity index (χ4n) is 2.76. The lowest BCUT2D eigenvalue weighted by Gasteiger charge is -2.25. The van der Waals surface area contributed by atoms with Gasteiger partial charge in [-0.3, -0.25) is 4.79 Å². The molecule has 1 aliphatic heterocycles. The number of hydrogen-bond acceptors (Lipinski definition) is 4. The molecular weight excluding hydrogens is 410 g/mol. The Labute approximate surface area is 166 Å². The Kier molecular flexibility index (Phi) is 5.84. The number of hydrogen-bond donors (Lipinski definition) is 2. The normalized spacial score (nSPS) is 16.9. The Bertz CT molecular complexity index is 873. The first-order chi connectivity index (χ1) is 12.4. The quantitative estimate of drug-likeness (QED) is 0.753. The summed E-state index contributed by atoms with van der Waals surface area (Å²) in [6.07, 6.45) is 0. The van der Waals surface area contributed by atoms with Crippen LogP contribution in [0.25, 0.3) is 0 Å². The second-order valence-electron chi connectivity index (χ2n) is 6.19. The van der Waals surface area contributed by atoms with Crippen molar-refractivity contribution in [1.29, 1.82) is 0 Å². The number of amidine groups is 1. The van der Waals surface area contributed by atoms with Gasteiger partial charge in [-0.05, 0) is 37.1 Å². The molecule has 0 aromatic heterocycles. The molecule has 0 saturated carbocycles. The minimum absolute atomic E-state index is 0.373. The minimum atomic E-state index is -0.443. The smallest absolute Gasteiger partial charge is 0.248 e. The van der Waals surface area contributed by atoms with Gasteiger partial charge in [0.05, 0.1) is 5.57 Å². The lowest BCUT2D eigenvalue weighted by Crippen LogP contribution is -2.32. The molecule has 0 aliphatic carbocycles. The highest BCUT2D eigenvalue weighted by Gasteiger charge is 2.27. The molecule has 26 heavy (non-hydrogen) atoms. The van der Waals surface area contributed by atoms with Crippen LogP contribution in [0.4, 0.5) is 0 Å². The molecule has 0 bridgehead atoms. The maximum absolute atomic E-state index is 12.0. The van der Waals surface area contributed by atoms with Crippen LogP contribution in [-0.2, 0) is 10.5 Å². The number of rotatable bonds is 4. The van der Waals surface area contributed by atoms with Crippen LogP contribution in [0, 0.1) is 6.92 Å². The average Bonchev–Trinajstić information content (AvgIpc) is 2.61. The van der Waals surface area contributed by atoms with Gasteiger partial charge in [-0.2, -0.15) is 0 Å². The zero-order chi connectivity index (χ0) is 18.7. The van der Waals surface area contributed by atoms with Crippen molar-refractivity contribution in [2.45, 2.75) is 25.6 Å². The summed E-state index contributed by atoms with van der Waals surface area (Å²) < 4.78 is 1.06. The van der Waals surface area contributed by atoms with Crippen molar-refractivity contribution >= 4 is 38.8 Å². The Morgan fingerprint density at radius 1 is 1.15 bits per heavy atom. The summed E-state index contributed by atoms with van der Waals surface area (Å²) in [5.74, 6) is 0.347. The molecule has 1 heterocycles. The molecule has 6 heteroatoms. The van der Waals surface area contributed by atoms with Crippen molar-refractivity contribution in [3.8, 4) is 0 Å². The van der Waals surface area contributed by atoms with Crippen LogP contribution >= 0.6 is 27.7 Å². The molecule has 1 unspecified atom stereocenters. The van der Waals surface area contributed by atoms with Crippen LogP contribution in [0.3, 0.4) is 0 Å². The van der Waals surface area contributed by atoms with Crippen LogP contribution in [0.2, 0.25) is 0 Å². The standard InChI is InChI=1S/C20H20BrN3OS/c1-12-3-7-15(8-4-12)18-17(19(22)25)13(2)23-20(24-18)26-11-14-5-9-16(21)10-6-14/h3-10,18H,11H2,1-2H3,(H2,22,25)(H,23,24). The van der Waals surface area contributed by atoms with Crippen LogP contribution in [0.5, 0.6) is 0 Å². The van der Waals surface area contributed by atoms with Crippen LogP contribution in [0.15, 0.2) is 69.3 Å². The van der Waals surface area contributed by atoms with Gasteiger partial charge in [-0.25, -0.2) is 4.99 Å². The Balaban J connectivity index is 1.85. The second-order valence-corrected chi connectivity index (χ2v) is 8.07. The number of halogens is 1. The highest BCUT2D eigenvalue weighted by Crippen LogP contribution is 2.32. The molecule has 3 N–H and O–H groups in total. The molecule has 1 atom stereocenters. The summed E-state index contributed by atoms with van der Waals surface area (Å²) in [6.45, 7) is 3.90. The zero-order valence-corrected chi connectivity index (χ0v) is 17.0. The second kappa shape index (κ2) is 8.10. The van der Waals surface area contributed by atoms with Crippen LogP contribution in [-0.4, -0.2) is 11.1 Å². The van der Waals surface area contributed by atoms with Gasteiger partial charge in [-0.1, -0.05) is 69.7 Å². The van der Waals surface area contributed by atoms with Crippen molar-refractivity contribution in [3.63, 3.8) is 0 Å². The third-order valence-corrected chi connectivity index (χ3v) is 5.65. The maximum Gasteiger partial charge on any atom is 0.248 e. The van der Waals surface area contributed by atoms with E-state index in [-0.39, 0.29) is 6.04 Å². The molecule has 134 valence electrons. The fourth-order valence-corrected chi connectivity index (χ4v) is 3.93. The number of primary amides is 1. The van der Waals surface area contributed by atoms with E-state index in [4.69, 9.17) is 10.7 Å². The number of carbonyl (C=O) groups is 1. The summed E-state index contributed by atoms with van der Waals surface area (Å²) in [5.41, 5.74) is 10.2. The lowest BCUT2D eigenvalue weighted by atomic mass is 9.95. The van der Waals surface area contributed by atoms with Crippen molar-refractivity contribution in [3.05, 3.63) is 81.0 Å². The predicted octanol–water partition coefficient (Wildman–Crippen LogP) is 4.45. The minimum Gasteiger partial charge on any atom is -0.366 e. The van der Waals surface area contributed by atoms with E-state index in [2.05, 4.69) is 33.4 Å². The largest absolute Gasteiger partial charge is 0.366 e. The summed E-state index contributed by atoms with van der Waals surface area (Å²) in [6, 6.07) is 15.9. The van der Waals surface area contributed by atoms with Gasteiger partial charge < -0.3 is 11.1 Å². The molecular formula is C20H20BrN3OS. The number of carbonyl (C=O) groups excluding carboxylic acids is 1. The van der Waals surface area contributed by atoms with Gasteiger partial charge in [-0.15, -0.1) is 0 Å². The number of aliphatic imine (C=N–C) groups is 1. The molecule has 1 aliphatic rings. The highest BCUT2D eigenvalue weighted by molar-refractivity contribution is 9.10. The van der Waals surface area contributed by atoms with E-state index >= 15 is 0 Å². The first kappa shape index (κ1) is 18.7. The molecule has 2 aromatic rings. The molecule has 0 radical (unpaired) electrons. The van der Waals surface area contributed by atoms with Gasteiger partial charge in [0.15, 0.2) is 5.17 Å². The molecule has 0 saturated heterocycles. The monoisotopic (exact) mass is 429 g/mol. The number of nitrogens with one attached hydrogen (secondary N) is 1. The summed E-state index contributed by atoms with van der Waals surface area (Å²) in [5, 5.41) is 4.02. The number of nitrogens with zero attached hydrogens (tertiary/aromatic N) is 1. The average molecular weight is 430 g/mol. The molecule has 1 amide bonds. The fraction of sp³-hybridized carbons (Fsp3) is 0.200. The van der Waals surface area contributed by atoms with E-state index in [0.29, 0.717) is 5.57 Å². The third kappa shape index (κ3) is 4.37. The van der Waals surface area contributed by atoms with Gasteiger partial charge >= 0.3 is 0 Å². The Hall–Kier alpha value is -2.05. The Morgan fingerprint density at radius 2 is 1.81 bits per heavy atom. The van der Waals surface area contributed by atoms with Crippen molar-refractivity contribution in [2.75, 3.05) is 0 Å². The van der Waals surface area contributed by atoms with Crippen molar-refractivity contribution in [1.82, 2.24) is 5.32 Å². The Morgan fingerprint density at radius 3 is 2.42 bits per heavy atom. The van der Waals surface area contributed by atoms with Crippen molar-refractivity contribution in [2.24, 2.45) is 10.7 Å². The van der Waals surface area contributed by atoms with E-state index in [1.807, 2.05) is 50.2 Å². The molecule has 4 nitrogen and oxygen atoms in total. The number of amides is 1. The van der Waals surface area contributed by atoms with Crippen LogP contribution < -0.4 is 11.1 Å².